The number of carbonyl (C=O) groups excluding carboxylic acids is 4. The average molecular weight is 522 g/mol. The molecule has 3 aliphatic rings. The van der Waals surface area contributed by atoms with Crippen molar-refractivity contribution in [1.29, 1.82) is 0 Å². The van der Waals surface area contributed by atoms with Gasteiger partial charge in [-0.3, -0.25) is 29.3 Å². The number of esters is 1. The van der Waals surface area contributed by atoms with Gasteiger partial charge in [0.05, 0.1) is 47.2 Å². The number of nitro groups is 1. The largest absolute Gasteiger partial charge is 0.494 e. The Morgan fingerprint density at radius 1 is 1.00 bits per heavy atom. The number of rotatable bonds is 6. The lowest BCUT2D eigenvalue weighted by Crippen LogP contribution is -2.31. The van der Waals surface area contributed by atoms with Crippen molar-refractivity contribution in [2.75, 3.05) is 23.5 Å². The van der Waals surface area contributed by atoms with E-state index in [-0.39, 0.29) is 59.7 Å². The molecule has 0 spiro atoms. The van der Waals surface area contributed by atoms with Crippen LogP contribution in [0.2, 0.25) is 0 Å². The Labute approximate surface area is 218 Å². The average Bonchev–Trinajstić information content (AvgIpc) is 3.41. The Kier molecular flexibility index (Phi) is 6.60. The van der Waals surface area contributed by atoms with Crippen molar-refractivity contribution in [3.63, 3.8) is 0 Å². The number of anilines is 2. The molecule has 2 aromatic rings. The van der Waals surface area contributed by atoms with Gasteiger partial charge in [-0.25, -0.2) is 4.90 Å². The Bertz CT molecular complexity index is 1330. The van der Waals surface area contributed by atoms with Crippen molar-refractivity contribution < 1.29 is 33.6 Å². The lowest BCUT2D eigenvalue weighted by Gasteiger charge is -2.19. The van der Waals surface area contributed by atoms with Gasteiger partial charge in [-0.1, -0.05) is 12.8 Å². The number of aryl methyl sites for hydroxylation is 1. The fourth-order valence-electron chi connectivity index (χ4n) is 5.64. The summed E-state index contributed by atoms with van der Waals surface area (Å²) < 4.78 is 10.8. The topological polar surface area (TPSA) is 136 Å². The predicted molar refractivity (Wildman–Crippen MR) is 135 cm³/mol. The van der Waals surface area contributed by atoms with Gasteiger partial charge in [0.15, 0.2) is 0 Å². The van der Waals surface area contributed by atoms with E-state index in [0.29, 0.717) is 16.9 Å². The predicted octanol–water partition coefficient (Wildman–Crippen LogP) is 3.55. The molecular weight excluding hydrogens is 494 g/mol. The molecule has 3 amide bonds. The van der Waals surface area contributed by atoms with Crippen LogP contribution in [-0.4, -0.2) is 42.3 Å². The number of imide groups is 1. The normalized spacial score (nSPS) is 23.0. The highest BCUT2D eigenvalue weighted by atomic mass is 16.6. The van der Waals surface area contributed by atoms with Crippen LogP contribution in [0.5, 0.6) is 11.5 Å². The fourth-order valence-corrected chi connectivity index (χ4v) is 5.64. The van der Waals surface area contributed by atoms with Crippen molar-refractivity contribution in [3.05, 3.63) is 52.1 Å². The summed E-state index contributed by atoms with van der Waals surface area (Å²) in [5.41, 5.74) is 1.26. The fraction of sp³-hybridized carbons (Fsp3) is 0.407. The number of benzene rings is 2. The van der Waals surface area contributed by atoms with E-state index in [1.165, 1.54) is 41.2 Å². The number of carbonyl (C=O) groups is 4. The molecule has 1 aliphatic carbocycles. The number of methoxy groups -OCH3 is 1. The number of fused-ring (bicyclic) bond motifs is 1. The van der Waals surface area contributed by atoms with Crippen LogP contribution in [0.4, 0.5) is 17.1 Å². The molecule has 2 heterocycles. The molecule has 5 rings (SSSR count). The molecule has 11 nitrogen and oxygen atoms in total. The number of hydrogen-bond donors (Lipinski definition) is 0. The van der Waals surface area contributed by atoms with E-state index in [1.54, 1.807) is 19.1 Å². The van der Waals surface area contributed by atoms with Gasteiger partial charge < -0.3 is 14.4 Å². The summed E-state index contributed by atoms with van der Waals surface area (Å²) >= 11 is 0. The molecule has 2 aromatic carbocycles. The maximum atomic E-state index is 13.0. The number of amides is 3. The number of nitrogens with zero attached hydrogens (tertiary/aromatic N) is 3. The zero-order chi connectivity index (χ0) is 27.1. The highest BCUT2D eigenvalue weighted by molar-refractivity contribution is 6.22. The quantitative estimate of drug-likeness (QED) is 0.185. The van der Waals surface area contributed by atoms with Crippen LogP contribution in [0.25, 0.3) is 0 Å². The summed E-state index contributed by atoms with van der Waals surface area (Å²) in [4.78, 5) is 64.7. The summed E-state index contributed by atoms with van der Waals surface area (Å²) in [6, 6.07) is 8.66. The first-order chi connectivity index (χ1) is 18.2. The van der Waals surface area contributed by atoms with E-state index in [2.05, 4.69) is 0 Å². The van der Waals surface area contributed by atoms with Crippen LogP contribution in [-0.2, 0) is 19.2 Å². The lowest BCUT2D eigenvalue weighted by atomic mass is 9.81. The second-order valence-corrected chi connectivity index (χ2v) is 9.90. The molecular formula is C27H27N3O8. The summed E-state index contributed by atoms with van der Waals surface area (Å²) in [6.45, 7) is 1.78. The summed E-state index contributed by atoms with van der Waals surface area (Å²) in [5.74, 6) is -2.16. The Balaban J connectivity index is 1.29. The molecule has 38 heavy (non-hydrogen) atoms. The molecule has 0 bridgehead atoms. The van der Waals surface area contributed by atoms with Crippen molar-refractivity contribution in [3.8, 4) is 11.5 Å². The second-order valence-electron chi connectivity index (χ2n) is 9.90. The van der Waals surface area contributed by atoms with Gasteiger partial charge in [0, 0.05) is 19.0 Å². The molecule has 0 radical (unpaired) electrons. The van der Waals surface area contributed by atoms with E-state index in [1.807, 2.05) is 0 Å². The molecule has 3 fully saturated rings. The van der Waals surface area contributed by atoms with Gasteiger partial charge in [0.1, 0.15) is 11.5 Å². The van der Waals surface area contributed by atoms with Gasteiger partial charge in [0.2, 0.25) is 17.7 Å². The minimum Gasteiger partial charge on any atom is -0.494 e. The monoisotopic (exact) mass is 521 g/mol. The number of ether oxygens (including phenoxy) is 2. The number of non-ortho nitro benzene ring substituents is 1. The van der Waals surface area contributed by atoms with Crippen LogP contribution < -0.4 is 19.3 Å². The zero-order valence-electron chi connectivity index (χ0n) is 21.0. The smallest absolute Gasteiger partial charge is 0.316 e. The molecule has 3 atom stereocenters. The summed E-state index contributed by atoms with van der Waals surface area (Å²) in [7, 11) is 1.35. The molecule has 2 saturated heterocycles. The SMILES string of the molecule is COc1cc([N+](=O)[O-])ccc1N1C[C@@H](C(=O)Oc2ccc(N3C(=O)[C@H]4CCCC[C@H]4C3=O)c(C)c2)CC1=O. The highest BCUT2D eigenvalue weighted by Crippen LogP contribution is 2.41. The first-order valence-corrected chi connectivity index (χ1v) is 12.5. The standard InChI is InChI=1S/C27H27N3O8/c1-15-11-18(8-10-21(15)29-25(32)19-5-3-4-6-20(19)26(29)33)38-27(34)16-12-24(31)28(14-16)22-9-7-17(30(35)36)13-23(22)37-2/h7-11,13,16,19-20H,3-6,12,14H2,1-2H3/t16-,19-,20+/m0/s1. The second kappa shape index (κ2) is 9.88. The van der Waals surface area contributed by atoms with Crippen molar-refractivity contribution >= 4 is 40.8 Å². The highest BCUT2D eigenvalue weighted by Gasteiger charge is 2.49. The molecule has 0 N–H and O–H groups in total. The van der Waals surface area contributed by atoms with Crippen LogP contribution in [0.15, 0.2) is 36.4 Å². The third-order valence-electron chi connectivity index (χ3n) is 7.59. The Hall–Kier alpha value is -4.28. The first-order valence-electron chi connectivity index (χ1n) is 12.5. The van der Waals surface area contributed by atoms with Gasteiger partial charge in [-0.15, -0.1) is 0 Å². The minimum atomic E-state index is -0.757. The van der Waals surface area contributed by atoms with E-state index >= 15 is 0 Å². The van der Waals surface area contributed by atoms with Crippen molar-refractivity contribution in [2.24, 2.45) is 17.8 Å². The van der Waals surface area contributed by atoms with Crippen molar-refractivity contribution in [1.82, 2.24) is 0 Å². The Morgan fingerprint density at radius 2 is 1.66 bits per heavy atom. The van der Waals surface area contributed by atoms with Crippen LogP contribution in [0.1, 0.15) is 37.7 Å². The third-order valence-corrected chi connectivity index (χ3v) is 7.59. The van der Waals surface area contributed by atoms with E-state index in [9.17, 15) is 29.3 Å². The molecule has 0 aromatic heterocycles. The van der Waals surface area contributed by atoms with Gasteiger partial charge in [-0.05, 0) is 49.6 Å². The number of nitro benzene ring substituents is 1. The van der Waals surface area contributed by atoms with E-state index < -0.39 is 16.8 Å². The van der Waals surface area contributed by atoms with Gasteiger partial charge >= 0.3 is 5.97 Å². The number of hydrogen-bond acceptors (Lipinski definition) is 8. The zero-order valence-corrected chi connectivity index (χ0v) is 21.0. The van der Waals surface area contributed by atoms with Gasteiger partial charge in [0.25, 0.3) is 5.69 Å². The molecule has 11 heteroatoms. The summed E-state index contributed by atoms with van der Waals surface area (Å²) in [5, 5.41) is 11.1. The Morgan fingerprint density at radius 3 is 2.26 bits per heavy atom. The lowest BCUT2D eigenvalue weighted by molar-refractivity contribution is -0.384. The molecule has 198 valence electrons. The maximum Gasteiger partial charge on any atom is 0.316 e. The van der Waals surface area contributed by atoms with E-state index in [4.69, 9.17) is 9.47 Å². The molecule has 1 saturated carbocycles. The van der Waals surface area contributed by atoms with Crippen molar-refractivity contribution in [2.45, 2.75) is 39.0 Å². The van der Waals surface area contributed by atoms with Crippen LogP contribution in [0, 0.1) is 34.8 Å². The van der Waals surface area contributed by atoms with Crippen LogP contribution in [0.3, 0.4) is 0 Å². The summed E-state index contributed by atoms with van der Waals surface area (Å²) in [6.07, 6.45) is 3.25. The minimum absolute atomic E-state index is 0.0302. The third kappa shape index (κ3) is 4.37. The molecule has 2 aliphatic heterocycles. The van der Waals surface area contributed by atoms with Crippen LogP contribution >= 0.6 is 0 Å². The van der Waals surface area contributed by atoms with Gasteiger partial charge in [-0.2, -0.15) is 0 Å². The first kappa shape index (κ1) is 25.4. The molecule has 0 unspecified atom stereocenters. The maximum absolute atomic E-state index is 13.0. The van der Waals surface area contributed by atoms with E-state index in [0.717, 1.165) is 25.7 Å².